The molecule has 0 bridgehead atoms. The van der Waals surface area contributed by atoms with Gasteiger partial charge in [-0.1, -0.05) is 11.6 Å². The molecule has 1 unspecified atom stereocenters. The summed E-state index contributed by atoms with van der Waals surface area (Å²) in [6, 6.07) is 3.39. The van der Waals surface area contributed by atoms with Crippen molar-refractivity contribution in [3.63, 3.8) is 0 Å². The van der Waals surface area contributed by atoms with Crippen LogP contribution in [0.5, 0.6) is 0 Å². The van der Waals surface area contributed by atoms with Crippen LogP contribution in [0.3, 0.4) is 0 Å². The fraction of sp³-hybridized carbons (Fsp3) is 0.167. The van der Waals surface area contributed by atoms with Crippen LogP contribution < -0.4 is 5.14 Å². The molecule has 3 nitrogen and oxygen atoms in total. The van der Waals surface area contributed by atoms with Gasteiger partial charge in [-0.2, -0.15) is 0 Å². The lowest BCUT2D eigenvalue weighted by atomic mass is 10.4. The summed E-state index contributed by atoms with van der Waals surface area (Å²) in [6.45, 7) is 0. The van der Waals surface area contributed by atoms with Crippen LogP contribution in [-0.2, 0) is 16.7 Å². The smallest absolute Gasteiger partial charge is 0.0949 e. The first-order valence-electron chi connectivity index (χ1n) is 2.91. The minimum atomic E-state index is -1.33. The van der Waals surface area contributed by atoms with Gasteiger partial charge in [0.25, 0.3) is 0 Å². The SMILES string of the molecule is NS(=O)Cc1ccc(Cl)cn1. The van der Waals surface area contributed by atoms with Crippen LogP contribution >= 0.6 is 11.6 Å². The van der Waals surface area contributed by atoms with E-state index in [0.717, 1.165) is 0 Å². The average molecular weight is 191 g/mol. The second-order valence-corrected chi connectivity index (χ2v) is 3.48. The maximum atomic E-state index is 10.5. The molecule has 5 heteroatoms. The first kappa shape index (κ1) is 8.64. The molecule has 0 saturated heterocycles. The summed E-state index contributed by atoms with van der Waals surface area (Å²) >= 11 is 5.58. The van der Waals surface area contributed by atoms with Gasteiger partial charge in [-0.25, -0.2) is 4.21 Å². The third-order valence-corrected chi connectivity index (χ3v) is 1.88. The van der Waals surface area contributed by atoms with E-state index >= 15 is 0 Å². The number of pyridine rings is 1. The predicted molar refractivity (Wildman–Crippen MR) is 45.3 cm³/mol. The van der Waals surface area contributed by atoms with E-state index in [1.54, 1.807) is 12.1 Å². The van der Waals surface area contributed by atoms with Crippen LogP contribution in [-0.4, -0.2) is 9.19 Å². The lowest BCUT2D eigenvalue weighted by Crippen LogP contribution is -2.06. The Bertz CT molecular complexity index is 262. The van der Waals surface area contributed by atoms with E-state index in [4.69, 9.17) is 16.7 Å². The number of nitrogens with two attached hydrogens (primary N) is 1. The minimum absolute atomic E-state index is 0.275. The van der Waals surface area contributed by atoms with Gasteiger partial charge in [-0.3, -0.25) is 10.1 Å². The minimum Gasteiger partial charge on any atom is -0.259 e. The molecule has 0 aliphatic carbocycles. The Labute approximate surface area is 72.2 Å². The summed E-state index contributed by atoms with van der Waals surface area (Å²) in [7, 11) is -1.33. The highest BCUT2D eigenvalue weighted by Gasteiger charge is 1.96. The van der Waals surface area contributed by atoms with E-state index in [2.05, 4.69) is 4.98 Å². The van der Waals surface area contributed by atoms with Crippen molar-refractivity contribution < 1.29 is 4.21 Å². The number of rotatable bonds is 2. The van der Waals surface area contributed by atoms with E-state index < -0.39 is 11.0 Å². The van der Waals surface area contributed by atoms with Crippen molar-refractivity contribution in [3.05, 3.63) is 29.0 Å². The maximum absolute atomic E-state index is 10.5. The van der Waals surface area contributed by atoms with Gasteiger partial charge in [0.2, 0.25) is 0 Å². The van der Waals surface area contributed by atoms with Gasteiger partial charge in [0.15, 0.2) is 0 Å². The van der Waals surface area contributed by atoms with Gasteiger partial charge in [0.1, 0.15) is 0 Å². The van der Waals surface area contributed by atoms with Gasteiger partial charge < -0.3 is 0 Å². The quantitative estimate of drug-likeness (QED) is 0.752. The monoisotopic (exact) mass is 190 g/mol. The van der Waals surface area contributed by atoms with Crippen molar-refractivity contribution in [1.82, 2.24) is 4.98 Å². The summed E-state index contributed by atoms with van der Waals surface area (Å²) < 4.78 is 10.5. The van der Waals surface area contributed by atoms with Crippen LogP contribution in [0.4, 0.5) is 0 Å². The molecular formula is C6H7ClN2OS. The van der Waals surface area contributed by atoms with E-state index in [9.17, 15) is 4.21 Å². The fourth-order valence-corrected chi connectivity index (χ4v) is 1.21. The van der Waals surface area contributed by atoms with E-state index in [0.29, 0.717) is 10.7 Å². The van der Waals surface area contributed by atoms with Gasteiger partial charge in [0, 0.05) is 6.20 Å². The second-order valence-electron chi connectivity index (χ2n) is 1.99. The molecule has 0 spiro atoms. The molecule has 2 N–H and O–H groups in total. The molecule has 0 radical (unpaired) electrons. The third-order valence-electron chi connectivity index (χ3n) is 1.08. The number of aromatic nitrogens is 1. The van der Waals surface area contributed by atoms with Crippen LogP contribution in [0.1, 0.15) is 5.69 Å². The number of hydrogen-bond acceptors (Lipinski definition) is 2. The number of halogens is 1. The number of nitrogens with zero attached hydrogens (tertiary/aromatic N) is 1. The molecule has 60 valence electrons. The van der Waals surface area contributed by atoms with Crippen LogP contribution in [0.2, 0.25) is 5.02 Å². The van der Waals surface area contributed by atoms with Gasteiger partial charge >= 0.3 is 0 Å². The van der Waals surface area contributed by atoms with Crippen molar-refractivity contribution >= 4 is 22.6 Å². The topological polar surface area (TPSA) is 56.0 Å². The van der Waals surface area contributed by atoms with Gasteiger partial charge in [-0.05, 0) is 12.1 Å². The average Bonchev–Trinajstić information content (AvgIpc) is 1.93. The van der Waals surface area contributed by atoms with Crippen LogP contribution in [0.15, 0.2) is 18.3 Å². The summed E-state index contributed by atoms with van der Waals surface area (Å²) in [5, 5.41) is 5.63. The molecule has 1 aromatic rings. The highest BCUT2D eigenvalue weighted by molar-refractivity contribution is 7.81. The zero-order chi connectivity index (χ0) is 8.27. The normalized spacial score (nSPS) is 12.9. The fourth-order valence-electron chi connectivity index (χ4n) is 0.638. The molecule has 0 aliphatic rings. The van der Waals surface area contributed by atoms with Crippen molar-refractivity contribution in [1.29, 1.82) is 0 Å². The van der Waals surface area contributed by atoms with E-state index in [1.807, 2.05) is 0 Å². The van der Waals surface area contributed by atoms with Crippen molar-refractivity contribution in [2.75, 3.05) is 0 Å². The summed E-state index contributed by atoms with van der Waals surface area (Å²) in [6.07, 6.45) is 1.50. The molecule has 1 aromatic heterocycles. The standard InChI is InChI=1S/C6H7ClN2OS/c7-5-1-2-6(9-3-5)4-11(8)10/h1-3H,4,8H2. The molecule has 0 aromatic carbocycles. The Hall–Kier alpha value is -0.450. The Kier molecular flexibility index (Phi) is 2.99. The van der Waals surface area contributed by atoms with E-state index in [-0.39, 0.29) is 5.75 Å². The highest BCUT2D eigenvalue weighted by atomic mass is 35.5. The summed E-state index contributed by atoms with van der Waals surface area (Å²) in [4.78, 5) is 3.91. The Morgan fingerprint density at radius 1 is 1.64 bits per heavy atom. The molecule has 0 amide bonds. The Balaban J connectivity index is 2.74. The zero-order valence-corrected chi connectivity index (χ0v) is 7.23. The molecule has 1 heterocycles. The largest absolute Gasteiger partial charge is 0.259 e. The first-order chi connectivity index (χ1) is 5.18. The zero-order valence-electron chi connectivity index (χ0n) is 5.66. The van der Waals surface area contributed by atoms with Crippen molar-refractivity contribution in [2.24, 2.45) is 5.14 Å². The molecule has 0 aliphatic heterocycles. The predicted octanol–water partition coefficient (Wildman–Crippen LogP) is 0.857. The number of hydrogen-bond donors (Lipinski definition) is 1. The second kappa shape index (κ2) is 3.80. The molecule has 0 fully saturated rings. The molecule has 1 atom stereocenters. The molecule has 0 saturated carbocycles. The highest BCUT2D eigenvalue weighted by Crippen LogP contribution is 2.06. The summed E-state index contributed by atoms with van der Waals surface area (Å²) in [5.74, 6) is 0.275. The molecule has 11 heavy (non-hydrogen) atoms. The third kappa shape index (κ3) is 2.96. The Morgan fingerprint density at radius 2 is 2.36 bits per heavy atom. The van der Waals surface area contributed by atoms with Gasteiger partial charge in [0.05, 0.1) is 27.5 Å². The van der Waals surface area contributed by atoms with Crippen molar-refractivity contribution in [3.8, 4) is 0 Å². The lowest BCUT2D eigenvalue weighted by molar-refractivity contribution is 0.683. The van der Waals surface area contributed by atoms with Gasteiger partial charge in [-0.15, -0.1) is 0 Å². The molecular weight excluding hydrogens is 184 g/mol. The maximum Gasteiger partial charge on any atom is 0.0949 e. The lowest BCUT2D eigenvalue weighted by Gasteiger charge is -1.95. The Morgan fingerprint density at radius 3 is 2.82 bits per heavy atom. The first-order valence-corrected chi connectivity index (χ1v) is 4.67. The molecule has 1 rings (SSSR count). The summed E-state index contributed by atoms with van der Waals surface area (Å²) in [5.41, 5.74) is 0.690. The van der Waals surface area contributed by atoms with E-state index in [1.165, 1.54) is 6.20 Å². The van der Waals surface area contributed by atoms with Crippen LogP contribution in [0, 0.1) is 0 Å². The van der Waals surface area contributed by atoms with Crippen LogP contribution in [0.25, 0.3) is 0 Å². The van der Waals surface area contributed by atoms with Crippen molar-refractivity contribution in [2.45, 2.75) is 5.75 Å².